The van der Waals surface area contributed by atoms with Crippen molar-refractivity contribution in [2.45, 2.75) is 31.3 Å². The van der Waals surface area contributed by atoms with E-state index in [2.05, 4.69) is 55.1 Å². The molecule has 19 heavy (non-hydrogen) atoms. The average molecular weight is 320 g/mol. The quantitative estimate of drug-likeness (QED) is 0.936. The zero-order valence-electron chi connectivity index (χ0n) is 11.1. The summed E-state index contributed by atoms with van der Waals surface area (Å²) < 4.78 is 3.22. The molecule has 0 unspecified atom stereocenters. The van der Waals surface area contributed by atoms with E-state index in [0.29, 0.717) is 0 Å². The topological polar surface area (TPSA) is 29.9 Å². The number of hydrogen-bond donors (Lipinski definition) is 1. The van der Waals surface area contributed by atoms with Gasteiger partial charge in [-0.1, -0.05) is 28.1 Å². The molecule has 1 fully saturated rings. The molecule has 1 N–H and O–H groups in total. The third-order valence-electron chi connectivity index (χ3n) is 4.09. The molecule has 3 nitrogen and oxygen atoms in total. The summed E-state index contributed by atoms with van der Waals surface area (Å²) in [4.78, 5) is 4.38. The summed E-state index contributed by atoms with van der Waals surface area (Å²) in [6, 6.07) is 8.64. The van der Waals surface area contributed by atoms with E-state index in [4.69, 9.17) is 0 Å². The Morgan fingerprint density at radius 3 is 2.84 bits per heavy atom. The largest absolute Gasteiger partial charge is 0.337 e. The van der Waals surface area contributed by atoms with Gasteiger partial charge in [0.1, 0.15) is 5.82 Å². The lowest BCUT2D eigenvalue weighted by atomic mass is 9.72. The molecule has 0 spiro atoms. The van der Waals surface area contributed by atoms with Crippen molar-refractivity contribution in [3.8, 4) is 0 Å². The fraction of sp³-hybridized carbons (Fsp3) is 0.400. The summed E-state index contributed by atoms with van der Waals surface area (Å²) in [5, 5.41) is 3.72. The molecule has 0 bridgehead atoms. The third kappa shape index (κ3) is 2.47. The van der Waals surface area contributed by atoms with Crippen LogP contribution >= 0.6 is 15.9 Å². The van der Waals surface area contributed by atoms with E-state index in [1.54, 1.807) is 0 Å². The summed E-state index contributed by atoms with van der Waals surface area (Å²) in [5.41, 5.74) is 1.51. The van der Waals surface area contributed by atoms with Crippen molar-refractivity contribution in [1.29, 1.82) is 0 Å². The molecular formula is C15H18BrN3. The minimum Gasteiger partial charge on any atom is -0.337 e. The first-order valence-corrected chi connectivity index (χ1v) is 7.46. The van der Waals surface area contributed by atoms with Crippen LogP contribution in [0, 0.1) is 0 Å². The fourth-order valence-electron chi connectivity index (χ4n) is 2.70. The molecular weight excluding hydrogens is 302 g/mol. The Balaban J connectivity index is 1.78. The van der Waals surface area contributed by atoms with Crippen LogP contribution in [-0.4, -0.2) is 9.55 Å². The van der Waals surface area contributed by atoms with Crippen molar-refractivity contribution >= 4 is 15.9 Å². The maximum absolute atomic E-state index is 4.38. The number of aryl methyl sites for hydroxylation is 1. The molecule has 1 heterocycles. The normalized spacial score (nSPS) is 17.2. The summed E-state index contributed by atoms with van der Waals surface area (Å²) >= 11 is 3.57. The van der Waals surface area contributed by atoms with Gasteiger partial charge in [0.2, 0.25) is 0 Å². The van der Waals surface area contributed by atoms with E-state index in [-0.39, 0.29) is 5.54 Å². The van der Waals surface area contributed by atoms with Gasteiger partial charge in [0.15, 0.2) is 0 Å². The number of halogens is 1. The molecule has 4 heteroatoms. The van der Waals surface area contributed by atoms with Crippen LogP contribution in [0.4, 0.5) is 0 Å². The second kappa shape index (κ2) is 5.10. The lowest BCUT2D eigenvalue weighted by Crippen LogP contribution is -2.47. The standard InChI is InChI=1S/C15H18BrN3/c1-19-9-8-17-14(19)11-18-15(6-3-7-15)12-4-2-5-13(16)10-12/h2,4-5,8-10,18H,3,6-7,11H2,1H3. The van der Waals surface area contributed by atoms with Gasteiger partial charge in [-0.15, -0.1) is 0 Å². The number of aromatic nitrogens is 2. The van der Waals surface area contributed by atoms with Crippen molar-refractivity contribution in [2.24, 2.45) is 7.05 Å². The van der Waals surface area contributed by atoms with Crippen molar-refractivity contribution in [1.82, 2.24) is 14.9 Å². The van der Waals surface area contributed by atoms with Gasteiger partial charge in [0.05, 0.1) is 6.54 Å². The molecule has 1 aliphatic carbocycles. The Labute approximate surface area is 122 Å². The highest BCUT2D eigenvalue weighted by Gasteiger charge is 2.38. The molecule has 1 aliphatic rings. The van der Waals surface area contributed by atoms with E-state index in [1.807, 2.05) is 19.4 Å². The lowest BCUT2D eigenvalue weighted by molar-refractivity contribution is 0.181. The molecule has 100 valence electrons. The lowest BCUT2D eigenvalue weighted by Gasteiger charge is -2.43. The Morgan fingerprint density at radius 1 is 1.42 bits per heavy atom. The first-order valence-electron chi connectivity index (χ1n) is 6.67. The summed E-state index contributed by atoms with van der Waals surface area (Å²) in [5.74, 6) is 1.08. The van der Waals surface area contributed by atoms with Gasteiger partial charge in [0, 0.05) is 29.5 Å². The smallest absolute Gasteiger partial charge is 0.122 e. The Bertz CT molecular complexity index is 572. The first kappa shape index (κ1) is 12.9. The highest BCUT2D eigenvalue weighted by atomic mass is 79.9. The second-order valence-corrected chi connectivity index (χ2v) is 6.17. The van der Waals surface area contributed by atoms with Crippen LogP contribution in [0.2, 0.25) is 0 Å². The molecule has 0 saturated heterocycles. The maximum atomic E-state index is 4.38. The van der Waals surface area contributed by atoms with Gasteiger partial charge in [-0.25, -0.2) is 4.98 Å². The van der Waals surface area contributed by atoms with Crippen LogP contribution in [0.25, 0.3) is 0 Å². The van der Waals surface area contributed by atoms with Crippen LogP contribution in [0.1, 0.15) is 30.7 Å². The Kier molecular flexibility index (Phi) is 3.46. The minimum absolute atomic E-state index is 0.135. The Morgan fingerprint density at radius 2 is 2.26 bits per heavy atom. The molecule has 0 amide bonds. The molecule has 1 aromatic carbocycles. The maximum Gasteiger partial charge on any atom is 0.122 e. The third-order valence-corrected chi connectivity index (χ3v) is 4.58. The van der Waals surface area contributed by atoms with E-state index in [9.17, 15) is 0 Å². The van der Waals surface area contributed by atoms with Crippen molar-refractivity contribution in [2.75, 3.05) is 0 Å². The van der Waals surface area contributed by atoms with E-state index in [0.717, 1.165) is 16.8 Å². The first-order chi connectivity index (χ1) is 9.20. The summed E-state index contributed by atoms with van der Waals surface area (Å²) in [7, 11) is 2.04. The van der Waals surface area contributed by atoms with Gasteiger partial charge < -0.3 is 9.88 Å². The van der Waals surface area contributed by atoms with Crippen LogP contribution in [0.5, 0.6) is 0 Å². The number of benzene rings is 1. The number of hydrogen-bond acceptors (Lipinski definition) is 2. The molecule has 0 radical (unpaired) electrons. The van der Waals surface area contributed by atoms with Crippen LogP contribution in [0.15, 0.2) is 41.1 Å². The number of rotatable bonds is 4. The highest BCUT2D eigenvalue weighted by Crippen LogP contribution is 2.42. The molecule has 1 aromatic heterocycles. The number of nitrogens with one attached hydrogen (secondary N) is 1. The zero-order valence-corrected chi connectivity index (χ0v) is 12.7. The van der Waals surface area contributed by atoms with Gasteiger partial charge >= 0.3 is 0 Å². The predicted octanol–water partition coefficient (Wildman–Crippen LogP) is 3.35. The number of nitrogens with zero attached hydrogens (tertiary/aromatic N) is 2. The van der Waals surface area contributed by atoms with Gasteiger partial charge in [-0.3, -0.25) is 0 Å². The SMILES string of the molecule is Cn1ccnc1CNC1(c2cccc(Br)c2)CCC1. The van der Waals surface area contributed by atoms with Crippen LogP contribution in [-0.2, 0) is 19.1 Å². The molecule has 0 aliphatic heterocycles. The van der Waals surface area contributed by atoms with Crippen LogP contribution < -0.4 is 5.32 Å². The van der Waals surface area contributed by atoms with E-state index in [1.165, 1.54) is 24.8 Å². The monoisotopic (exact) mass is 319 g/mol. The fourth-order valence-corrected chi connectivity index (χ4v) is 3.10. The van der Waals surface area contributed by atoms with Crippen molar-refractivity contribution < 1.29 is 0 Å². The number of imidazole rings is 1. The Hall–Kier alpha value is -1.13. The van der Waals surface area contributed by atoms with Crippen molar-refractivity contribution in [3.05, 3.63) is 52.5 Å². The summed E-state index contributed by atoms with van der Waals surface area (Å²) in [6.07, 6.45) is 7.54. The molecule has 1 saturated carbocycles. The predicted molar refractivity (Wildman–Crippen MR) is 79.7 cm³/mol. The van der Waals surface area contributed by atoms with Crippen molar-refractivity contribution in [3.63, 3.8) is 0 Å². The van der Waals surface area contributed by atoms with Gasteiger partial charge in [-0.05, 0) is 37.0 Å². The molecule has 0 atom stereocenters. The van der Waals surface area contributed by atoms with Gasteiger partial charge in [-0.2, -0.15) is 0 Å². The highest BCUT2D eigenvalue weighted by molar-refractivity contribution is 9.10. The van der Waals surface area contributed by atoms with Gasteiger partial charge in [0.25, 0.3) is 0 Å². The zero-order chi connectivity index (χ0) is 13.3. The van der Waals surface area contributed by atoms with E-state index < -0.39 is 0 Å². The summed E-state index contributed by atoms with van der Waals surface area (Å²) in [6.45, 7) is 0.815. The second-order valence-electron chi connectivity index (χ2n) is 5.25. The van der Waals surface area contributed by atoms with E-state index >= 15 is 0 Å². The molecule has 2 aromatic rings. The van der Waals surface area contributed by atoms with Crippen LogP contribution in [0.3, 0.4) is 0 Å². The minimum atomic E-state index is 0.135. The molecule has 3 rings (SSSR count). The average Bonchev–Trinajstić information content (AvgIpc) is 2.74.